The molecule has 3 rings (SSSR count). The van der Waals surface area contributed by atoms with E-state index < -0.39 is 0 Å². The van der Waals surface area contributed by atoms with Gasteiger partial charge in [-0.3, -0.25) is 0 Å². The van der Waals surface area contributed by atoms with Gasteiger partial charge in [0.15, 0.2) is 0 Å². The van der Waals surface area contributed by atoms with Crippen molar-refractivity contribution in [2.75, 3.05) is 6.61 Å². The molecule has 2 saturated heterocycles. The molecule has 0 spiro atoms. The summed E-state index contributed by atoms with van der Waals surface area (Å²) >= 11 is 0. The summed E-state index contributed by atoms with van der Waals surface area (Å²) in [6.45, 7) is 3.32. The molecule has 0 aromatic heterocycles. The molecule has 1 aliphatic carbocycles. The van der Waals surface area contributed by atoms with Crippen LogP contribution in [0.1, 0.15) is 19.8 Å². The van der Waals surface area contributed by atoms with Gasteiger partial charge in [-0.2, -0.15) is 0 Å². The topological polar surface area (TPSA) is 9.23 Å². The maximum Gasteiger partial charge on any atom is 0.0610 e. The van der Waals surface area contributed by atoms with Crippen molar-refractivity contribution in [2.45, 2.75) is 25.9 Å². The molecule has 1 saturated carbocycles. The summed E-state index contributed by atoms with van der Waals surface area (Å²) in [4.78, 5) is 0. The fourth-order valence-electron chi connectivity index (χ4n) is 1.98. The van der Waals surface area contributed by atoms with E-state index in [4.69, 9.17) is 4.74 Å². The van der Waals surface area contributed by atoms with Crippen molar-refractivity contribution < 1.29 is 4.74 Å². The van der Waals surface area contributed by atoms with Gasteiger partial charge in [-0.25, -0.2) is 0 Å². The predicted molar refractivity (Wildman–Crippen MR) is 31.6 cm³/mol. The average Bonchev–Trinajstić information content (AvgIpc) is 2.19. The second-order valence-corrected chi connectivity index (χ2v) is 2.94. The van der Waals surface area contributed by atoms with E-state index in [1.807, 2.05) is 0 Å². The molecule has 0 amide bonds. The van der Waals surface area contributed by atoms with Crippen molar-refractivity contribution >= 4 is 0 Å². The monoisotopic (exact) mass is 112 g/mol. The molecule has 0 aromatic carbocycles. The highest BCUT2D eigenvalue weighted by Gasteiger charge is 2.46. The molecule has 8 heavy (non-hydrogen) atoms. The minimum Gasteiger partial charge on any atom is -0.378 e. The third kappa shape index (κ3) is 0.408. The van der Waals surface area contributed by atoms with Crippen molar-refractivity contribution in [1.82, 2.24) is 0 Å². The summed E-state index contributed by atoms with van der Waals surface area (Å²) < 4.78 is 5.43. The highest BCUT2D eigenvalue weighted by molar-refractivity contribution is 4.94. The number of rotatable bonds is 1. The normalized spacial score (nSPS) is 51.4. The average molecular weight is 112 g/mol. The van der Waals surface area contributed by atoms with Gasteiger partial charge in [0, 0.05) is 0 Å². The second-order valence-electron chi connectivity index (χ2n) is 2.94. The Kier molecular flexibility index (Phi) is 0.884. The summed E-state index contributed by atoms with van der Waals surface area (Å²) in [5.74, 6) is 1.89. The first-order valence-electron chi connectivity index (χ1n) is 3.53. The van der Waals surface area contributed by atoms with Crippen LogP contribution >= 0.6 is 0 Å². The molecule has 46 valence electrons. The maximum atomic E-state index is 5.43. The molecule has 2 heterocycles. The van der Waals surface area contributed by atoms with Gasteiger partial charge in [0.25, 0.3) is 0 Å². The third-order valence-electron chi connectivity index (χ3n) is 2.61. The largest absolute Gasteiger partial charge is 0.378 e. The molecule has 2 aliphatic heterocycles. The lowest BCUT2D eigenvalue weighted by Crippen LogP contribution is -2.32. The van der Waals surface area contributed by atoms with Crippen LogP contribution < -0.4 is 0 Å². The highest BCUT2D eigenvalue weighted by Crippen LogP contribution is 2.45. The Morgan fingerprint density at radius 1 is 1.62 bits per heavy atom. The van der Waals surface area contributed by atoms with Gasteiger partial charge in [-0.15, -0.1) is 0 Å². The lowest BCUT2D eigenvalue weighted by Gasteiger charge is -2.31. The van der Waals surface area contributed by atoms with Crippen LogP contribution in [0.2, 0.25) is 0 Å². The summed E-state index contributed by atoms with van der Waals surface area (Å²) in [5.41, 5.74) is 0. The Labute approximate surface area is 50.0 Å². The molecule has 2 bridgehead atoms. The van der Waals surface area contributed by atoms with Crippen molar-refractivity contribution in [3.05, 3.63) is 0 Å². The molecule has 0 aromatic rings. The zero-order valence-electron chi connectivity index (χ0n) is 5.26. The Bertz CT molecular complexity index is 86.6. The van der Waals surface area contributed by atoms with Gasteiger partial charge in [-0.05, 0) is 18.3 Å². The number of fused-ring (bicyclic) bond motifs is 1. The number of ether oxygens (including phenoxy) is 1. The van der Waals surface area contributed by atoms with Crippen LogP contribution in [0.4, 0.5) is 0 Å². The molecular formula is C7H12O. The molecule has 1 heteroatoms. The third-order valence-corrected chi connectivity index (χ3v) is 2.61. The van der Waals surface area contributed by atoms with Crippen LogP contribution in [-0.4, -0.2) is 12.7 Å². The second kappa shape index (κ2) is 1.47. The molecule has 3 unspecified atom stereocenters. The fourth-order valence-corrected chi connectivity index (χ4v) is 1.98. The highest BCUT2D eigenvalue weighted by atomic mass is 16.5. The molecule has 0 radical (unpaired) electrons. The summed E-state index contributed by atoms with van der Waals surface area (Å²) in [6, 6.07) is 0. The lowest BCUT2D eigenvalue weighted by atomic mass is 9.73. The Balaban J connectivity index is 2.02. The van der Waals surface area contributed by atoms with Gasteiger partial charge >= 0.3 is 0 Å². The van der Waals surface area contributed by atoms with Crippen LogP contribution in [0.3, 0.4) is 0 Å². The first-order chi connectivity index (χ1) is 3.92. The van der Waals surface area contributed by atoms with Crippen LogP contribution in [0, 0.1) is 11.8 Å². The zero-order valence-corrected chi connectivity index (χ0v) is 5.26. The number of hydrogen-bond acceptors (Lipinski definition) is 1. The van der Waals surface area contributed by atoms with E-state index in [0.717, 1.165) is 18.4 Å². The minimum atomic E-state index is 0.671. The standard InChI is InChI=1S/C7H12O/c1-2-6-5-3-7(6)8-4-5/h5-7H,2-4H2,1H3. The smallest absolute Gasteiger partial charge is 0.0610 e. The molecule has 3 aliphatic rings. The minimum absolute atomic E-state index is 0.671. The quantitative estimate of drug-likeness (QED) is 0.498. The van der Waals surface area contributed by atoms with Crippen molar-refractivity contribution in [2.24, 2.45) is 11.8 Å². The van der Waals surface area contributed by atoms with Gasteiger partial charge < -0.3 is 4.74 Å². The Morgan fingerprint density at radius 3 is 2.75 bits per heavy atom. The van der Waals surface area contributed by atoms with Crippen molar-refractivity contribution in [1.29, 1.82) is 0 Å². The molecule has 3 atom stereocenters. The van der Waals surface area contributed by atoms with Gasteiger partial charge in [0.05, 0.1) is 12.7 Å². The Hall–Kier alpha value is -0.0400. The van der Waals surface area contributed by atoms with Crippen molar-refractivity contribution in [3.8, 4) is 0 Å². The molecule has 1 nitrogen and oxygen atoms in total. The summed E-state index contributed by atoms with van der Waals surface area (Å²) in [5, 5.41) is 0. The van der Waals surface area contributed by atoms with Crippen LogP contribution in [0.25, 0.3) is 0 Å². The van der Waals surface area contributed by atoms with E-state index >= 15 is 0 Å². The summed E-state index contributed by atoms with van der Waals surface area (Å²) in [7, 11) is 0. The molecule has 0 N–H and O–H groups in total. The SMILES string of the molecule is CCC1C2COC1C2. The van der Waals surface area contributed by atoms with E-state index in [9.17, 15) is 0 Å². The van der Waals surface area contributed by atoms with E-state index in [-0.39, 0.29) is 0 Å². The van der Waals surface area contributed by atoms with E-state index in [2.05, 4.69) is 6.92 Å². The first-order valence-corrected chi connectivity index (χ1v) is 3.53. The maximum absolute atomic E-state index is 5.43. The zero-order chi connectivity index (χ0) is 5.56. The van der Waals surface area contributed by atoms with E-state index in [0.29, 0.717) is 6.10 Å². The fraction of sp³-hybridized carbons (Fsp3) is 1.00. The van der Waals surface area contributed by atoms with Crippen molar-refractivity contribution in [3.63, 3.8) is 0 Å². The van der Waals surface area contributed by atoms with Gasteiger partial charge in [0.2, 0.25) is 0 Å². The molecular weight excluding hydrogens is 100 g/mol. The van der Waals surface area contributed by atoms with Gasteiger partial charge in [0.1, 0.15) is 0 Å². The summed E-state index contributed by atoms with van der Waals surface area (Å²) in [6.07, 6.45) is 3.36. The van der Waals surface area contributed by atoms with Crippen LogP contribution in [0.15, 0.2) is 0 Å². The lowest BCUT2D eigenvalue weighted by molar-refractivity contribution is 0.0701. The van der Waals surface area contributed by atoms with E-state index in [1.165, 1.54) is 12.8 Å². The molecule has 3 fully saturated rings. The van der Waals surface area contributed by atoms with Crippen LogP contribution in [-0.2, 0) is 4.74 Å². The first kappa shape index (κ1) is 4.80. The van der Waals surface area contributed by atoms with E-state index in [1.54, 1.807) is 0 Å². The van der Waals surface area contributed by atoms with Gasteiger partial charge in [-0.1, -0.05) is 13.3 Å². The Morgan fingerprint density at radius 2 is 2.50 bits per heavy atom. The predicted octanol–water partition coefficient (Wildman–Crippen LogP) is 1.43. The van der Waals surface area contributed by atoms with Crippen LogP contribution in [0.5, 0.6) is 0 Å². The number of hydrogen-bond donors (Lipinski definition) is 0.